The summed E-state index contributed by atoms with van der Waals surface area (Å²) in [6.07, 6.45) is 0. The van der Waals surface area contributed by atoms with Crippen molar-refractivity contribution in [1.82, 2.24) is 0 Å². The Kier molecular flexibility index (Phi) is 2.93. The summed E-state index contributed by atoms with van der Waals surface area (Å²) in [5, 5.41) is 1.97. The van der Waals surface area contributed by atoms with Crippen LogP contribution in [0.4, 0.5) is 0 Å². The van der Waals surface area contributed by atoms with Crippen molar-refractivity contribution in [3.63, 3.8) is 0 Å². The largest absolute Gasteiger partial charge is 0.401 e. The third-order valence-electron chi connectivity index (χ3n) is 1.16. The lowest BCUT2D eigenvalue weighted by Crippen LogP contribution is -1.88. The van der Waals surface area contributed by atoms with Crippen LogP contribution in [-0.2, 0) is 16.1 Å². The van der Waals surface area contributed by atoms with Gasteiger partial charge in [0.05, 0.1) is 6.92 Å². The van der Waals surface area contributed by atoms with Gasteiger partial charge in [-0.2, -0.15) is 0 Å². The Balaban J connectivity index is 2.72. The quantitative estimate of drug-likeness (QED) is 0.455. The highest BCUT2D eigenvalue weighted by molar-refractivity contribution is 7.93. The monoisotopic (exact) mass is 165 g/mol. The highest BCUT2D eigenvalue weighted by Gasteiger charge is 2.00. The minimum atomic E-state index is 0.119. The van der Waals surface area contributed by atoms with Crippen LogP contribution >= 0.6 is 0 Å². The van der Waals surface area contributed by atoms with Gasteiger partial charge in [0.15, 0.2) is 0 Å². The second-order valence-electron chi connectivity index (χ2n) is 2.14. The number of rotatable bonds is 1. The van der Waals surface area contributed by atoms with Crippen molar-refractivity contribution in [2.45, 2.75) is 6.92 Å². The van der Waals surface area contributed by atoms with Gasteiger partial charge in [0.2, 0.25) is 5.37 Å². The Labute approximate surface area is 70.0 Å². The van der Waals surface area contributed by atoms with Crippen LogP contribution in [0.25, 0.3) is 0 Å². The van der Waals surface area contributed by atoms with Gasteiger partial charge < -0.3 is 0 Å². The van der Waals surface area contributed by atoms with E-state index in [2.05, 4.69) is 0 Å². The van der Waals surface area contributed by atoms with Crippen LogP contribution in [0.2, 0.25) is 0 Å². The highest BCUT2D eigenvalue weighted by Crippen LogP contribution is 1.92. The van der Waals surface area contributed by atoms with Crippen LogP contribution in [0.5, 0.6) is 0 Å². The van der Waals surface area contributed by atoms with E-state index < -0.39 is 0 Å². The Morgan fingerprint density at radius 2 is 2.00 bits per heavy atom. The molecule has 0 saturated carbocycles. The predicted octanol–water partition coefficient (Wildman–Crippen LogP) is 1.47. The zero-order valence-corrected chi connectivity index (χ0v) is 7.10. The Hall–Kier alpha value is -1.02. The molecule has 1 aromatic carbocycles. The maximum atomic E-state index is 10.5. The summed E-state index contributed by atoms with van der Waals surface area (Å²) in [7, 11) is 0. The summed E-state index contributed by atoms with van der Waals surface area (Å²) in [5.41, 5.74) is 1.08. The fraction of sp³-hybridized carbons (Fsp3) is 0.111. The van der Waals surface area contributed by atoms with Crippen molar-refractivity contribution in [2.75, 3.05) is 0 Å². The molecule has 0 unspecified atom stereocenters. The number of benzene rings is 1. The number of carbonyl (C=O) groups excluding carboxylic acids is 1. The van der Waals surface area contributed by atoms with Gasteiger partial charge >= 0.3 is 5.12 Å². The molecule has 0 N–H and O–H groups in total. The summed E-state index contributed by atoms with van der Waals surface area (Å²) in [6, 6.07) is 9.79. The fourth-order valence-electron chi connectivity index (χ4n) is 0.683. The van der Waals surface area contributed by atoms with E-state index in [0.717, 1.165) is 5.56 Å². The average Bonchev–Trinajstić information content (AvgIpc) is 2.03. The molecule has 2 heteroatoms. The van der Waals surface area contributed by atoms with Crippen molar-refractivity contribution >= 4 is 21.8 Å². The minimum Gasteiger partial charge on any atom is -0.226 e. The second kappa shape index (κ2) is 3.98. The highest BCUT2D eigenvalue weighted by atomic mass is 32.1. The van der Waals surface area contributed by atoms with E-state index in [1.165, 1.54) is 11.4 Å². The van der Waals surface area contributed by atoms with Gasteiger partial charge in [-0.1, -0.05) is 18.2 Å². The lowest BCUT2D eigenvalue weighted by molar-refractivity contribution is -0.109. The maximum absolute atomic E-state index is 10.5. The van der Waals surface area contributed by atoms with Gasteiger partial charge in [-0.15, -0.1) is 0 Å². The van der Waals surface area contributed by atoms with Gasteiger partial charge in [-0.25, -0.2) is 4.79 Å². The Morgan fingerprint density at radius 3 is 2.55 bits per heavy atom. The molecule has 11 heavy (non-hydrogen) atoms. The summed E-state index contributed by atoms with van der Waals surface area (Å²) in [5.74, 6) is 0. The van der Waals surface area contributed by atoms with Gasteiger partial charge in [0.1, 0.15) is 0 Å². The van der Waals surface area contributed by atoms with Crippen molar-refractivity contribution in [3.8, 4) is 0 Å². The summed E-state index contributed by atoms with van der Waals surface area (Å²) in [4.78, 5) is 10.5. The molecule has 0 saturated heterocycles. The summed E-state index contributed by atoms with van der Waals surface area (Å²) < 4.78 is 0. The molecule has 0 heterocycles. The first-order chi connectivity index (χ1) is 5.29. The molecule has 56 valence electrons. The van der Waals surface area contributed by atoms with Crippen LogP contribution in [0.15, 0.2) is 30.3 Å². The third-order valence-corrected chi connectivity index (χ3v) is 1.88. The third kappa shape index (κ3) is 3.05. The van der Waals surface area contributed by atoms with Crippen LogP contribution in [0, 0.1) is 0 Å². The van der Waals surface area contributed by atoms with Gasteiger partial charge in [0.25, 0.3) is 11.4 Å². The smallest absolute Gasteiger partial charge is 0.226 e. The van der Waals surface area contributed by atoms with E-state index >= 15 is 0 Å². The van der Waals surface area contributed by atoms with Crippen LogP contribution in [0.3, 0.4) is 0 Å². The molecule has 0 aliphatic rings. The first-order valence-electron chi connectivity index (χ1n) is 3.34. The first-order valence-corrected chi connectivity index (χ1v) is 4.22. The zero-order chi connectivity index (χ0) is 8.10. The lowest BCUT2D eigenvalue weighted by Gasteiger charge is -1.81. The SMILES string of the molecule is CC(=O)[S+]=Cc1ccccc1. The van der Waals surface area contributed by atoms with E-state index in [4.69, 9.17) is 0 Å². The fourth-order valence-corrected chi connectivity index (χ4v) is 1.14. The Morgan fingerprint density at radius 1 is 1.36 bits per heavy atom. The molecule has 1 nitrogen and oxygen atoms in total. The topological polar surface area (TPSA) is 17.1 Å². The predicted molar refractivity (Wildman–Crippen MR) is 49.7 cm³/mol. The van der Waals surface area contributed by atoms with Gasteiger partial charge in [-0.3, -0.25) is 0 Å². The molecule has 1 rings (SSSR count). The lowest BCUT2D eigenvalue weighted by atomic mass is 10.2. The van der Waals surface area contributed by atoms with Crippen molar-refractivity contribution in [3.05, 3.63) is 35.9 Å². The zero-order valence-electron chi connectivity index (χ0n) is 6.28. The van der Waals surface area contributed by atoms with Crippen LogP contribution < -0.4 is 0 Å². The molecular weight excluding hydrogens is 156 g/mol. The van der Waals surface area contributed by atoms with Crippen LogP contribution in [0.1, 0.15) is 12.5 Å². The maximum Gasteiger partial charge on any atom is 0.401 e. The summed E-state index contributed by atoms with van der Waals surface area (Å²) in [6.45, 7) is 1.56. The minimum absolute atomic E-state index is 0.119. The van der Waals surface area contributed by atoms with E-state index in [-0.39, 0.29) is 5.12 Å². The van der Waals surface area contributed by atoms with Crippen molar-refractivity contribution in [2.24, 2.45) is 0 Å². The number of hydrogen-bond donors (Lipinski definition) is 0. The molecule has 0 amide bonds. The van der Waals surface area contributed by atoms with E-state index in [0.29, 0.717) is 0 Å². The second-order valence-corrected chi connectivity index (χ2v) is 3.18. The molecular formula is C9H9OS+. The molecule has 0 spiro atoms. The molecule has 1 aromatic rings. The molecule has 0 aromatic heterocycles. The number of carbonyl (C=O) groups is 1. The molecule has 0 bridgehead atoms. The molecule has 0 radical (unpaired) electrons. The van der Waals surface area contributed by atoms with E-state index in [1.54, 1.807) is 6.92 Å². The molecule has 0 aliphatic carbocycles. The first kappa shape index (κ1) is 8.08. The average molecular weight is 165 g/mol. The standard InChI is InChI=1S/C9H9OS/c1-8(10)11-7-9-5-3-2-4-6-9/h2-7H,1H3/q+1. The van der Waals surface area contributed by atoms with Gasteiger partial charge in [-0.05, 0) is 12.1 Å². The molecule has 0 atom stereocenters. The summed E-state index contributed by atoms with van der Waals surface area (Å²) >= 11 is 1.22. The molecule has 0 fully saturated rings. The Bertz CT molecular complexity index is 264. The van der Waals surface area contributed by atoms with Crippen LogP contribution in [-0.4, -0.2) is 10.5 Å². The van der Waals surface area contributed by atoms with Crippen molar-refractivity contribution < 1.29 is 4.79 Å². The van der Waals surface area contributed by atoms with Gasteiger partial charge in [0, 0.05) is 5.56 Å². The number of hydrogen-bond acceptors (Lipinski definition) is 1. The molecule has 0 aliphatic heterocycles. The van der Waals surface area contributed by atoms with Crippen molar-refractivity contribution in [1.29, 1.82) is 0 Å². The van der Waals surface area contributed by atoms with E-state index in [1.807, 2.05) is 35.7 Å². The normalized spacial score (nSPS) is 10.3. The van der Waals surface area contributed by atoms with E-state index in [9.17, 15) is 4.79 Å².